The lowest BCUT2D eigenvalue weighted by Crippen LogP contribution is -2.52. The number of aryl methyl sites for hydroxylation is 1. The number of nitrogens with one attached hydrogen (secondary N) is 1. The maximum atomic E-state index is 13.3. The van der Waals surface area contributed by atoms with Crippen LogP contribution in [0.1, 0.15) is 43.1 Å². The molecule has 1 unspecified atom stereocenters. The Morgan fingerprint density at radius 1 is 1.24 bits per heavy atom. The summed E-state index contributed by atoms with van der Waals surface area (Å²) in [6, 6.07) is 5.21. The van der Waals surface area contributed by atoms with Gasteiger partial charge in [-0.25, -0.2) is 8.78 Å². The molecule has 1 aromatic heterocycles. The van der Waals surface area contributed by atoms with E-state index >= 15 is 0 Å². The van der Waals surface area contributed by atoms with E-state index in [1.807, 2.05) is 54.5 Å². The van der Waals surface area contributed by atoms with Gasteiger partial charge in [0.15, 0.2) is 0 Å². The van der Waals surface area contributed by atoms with E-state index in [1.165, 1.54) is 0 Å². The number of fused-ring (bicyclic) bond motifs is 1. The highest BCUT2D eigenvalue weighted by Gasteiger charge is 2.62. The molecule has 1 atom stereocenters. The molecular formula is C24H23F2N5O2. The van der Waals surface area contributed by atoms with Crippen LogP contribution in [0.3, 0.4) is 0 Å². The molecule has 2 saturated carbocycles. The molecule has 1 spiro atoms. The summed E-state index contributed by atoms with van der Waals surface area (Å²) in [7, 11) is 0. The number of rotatable bonds is 4. The largest absolute Gasteiger partial charge is 0.339 e. The van der Waals surface area contributed by atoms with Gasteiger partial charge in [-0.1, -0.05) is 23.4 Å². The van der Waals surface area contributed by atoms with Gasteiger partial charge in [-0.15, -0.1) is 0 Å². The number of hydrogen-bond donors (Lipinski definition) is 1. The highest BCUT2D eigenvalue weighted by Crippen LogP contribution is 2.66. The van der Waals surface area contributed by atoms with Gasteiger partial charge in [-0.3, -0.25) is 9.79 Å². The standard InChI is InChI=1S/C24H23F2N5O2/c1-14-5-6-15(8-17(14)28-21(32)18-11-27-19-4-2-3-7-31(18)19)20-29-22(33-30-20)16-9-23(10-16)12-24(25,26)13-23/h2-8,16,18H,9-13H2,1H3,(H,28,32). The van der Waals surface area contributed by atoms with Crippen molar-refractivity contribution in [3.8, 4) is 11.4 Å². The van der Waals surface area contributed by atoms with E-state index in [1.54, 1.807) is 0 Å². The topological polar surface area (TPSA) is 83.6 Å². The van der Waals surface area contributed by atoms with E-state index in [2.05, 4.69) is 20.4 Å². The Balaban J connectivity index is 1.15. The van der Waals surface area contributed by atoms with Gasteiger partial charge in [0.2, 0.25) is 23.5 Å². The summed E-state index contributed by atoms with van der Waals surface area (Å²) in [6.45, 7) is 2.32. The number of alkyl halides is 2. The third-order valence-corrected chi connectivity index (χ3v) is 7.10. The maximum Gasteiger partial charge on any atom is 0.249 e. The van der Waals surface area contributed by atoms with Crippen molar-refractivity contribution < 1.29 is 18.1 Å². The van der Waals surface area contributed by atoms with Gasteiger partial charge in [-0.05, 0) is 49.0 Å². The molecule has 4 aliphatic rings. The van der Waals surface area contributed by atoms with E-state index in [0.29, 0.717) is 36.8 Å². The first-order chi connectivity index (χ1) is 15.8. The first-order valence-corrected chi connectivity index (χ1v) is 11.1. The number of carbonyl (C=O) groups is 1. The second kappa shape index (κ2) is 7.07. The second-order valence-electron chi connectivity index (χ2n) is 9.61. The number of amidine groups is 1. The number of hydrogen-bond acceptors (Lipinski definition) is 6. The lowest BCUT2D eigenvalue weighted by Gasteiger charge is -2.56. The van der Waals surface area contributed by atoms with Crippen molar-refractivity contribution in [1.29, 1.82) is 0 Å². The number of aromatic nitrogens is 2. The third-order valence-electron chi connectivity index (χ3n) is 7.10. The van der Waals surface area contributed by atoms with Gasteiger partial charge in [0.1, 0.15) is 11.9 Å². The van der Waals surface area contributed by atoms with Crippen LogP contribution in [0.2, 0.25) is 0 Å². The Morgan fingerprint density at radius 2 is 2.06 bits per heavy atom. The van der Waals surface area contributed by atoms with E-state index in [0.717, 1.165) is 17.0 Å². The maximum absolute atomic E-state index is 13.3. The van der Waals surface area contributed by atoms with Crippen LogP contribution in [0, 0.1) is 12.3 Å². The molecule has 1 amide bonds. The molecule has 0 saturated heterocycles. The van der Waals surface area contributed by atoms with E-state index in [9.17, 15) is 13.6 Å². The van der Waals surface area contributed by atoms with Gasteiger partial charge < -0.3 is 14.7 Å². The van der Waals surface area contributed by atoms with Crippen molar-refractivity contribution in [2.75, 3.05) is 11.9 Å². The smallest absolute Gasteiger partial charge is 0.249 e. The monoisotopic (exact) mass is 451 g/mol. The molecule has 9 heteroatoms. The number of anilines is 1. The summed E-state index contributed by atoms with van der Waals surface area (Å²) in [6.07, 6.45) is 8.79. The quantitative estimate of drug-likeness (QED) is 0.743. The fraction of sp³-hybridized carbons (Fsp3) is 0.417. The zero-order valence-corrected chi connectivity index (χ0v) is 18.1. The Hall–Kier alpha value is -3.36. The molecule has 2 fully saturated rings. The van der Waals surface area contributed by atoms with E-state index in [4.69, 9.17) is 4.52 Å². The molecule has 6 rings (SSSR count). The van der Waals surface area contributed by atoms with Gasteiger partial charge >= 0.3 is 0 Å². The average Bonchev–Trinajstić information content (AvgIpc) is 3.39. The number of carbonyl (C=O) groups excluding carboxylic acids is 1. The Kier molecular flexibility index (Phi) is 4.34. The van der Waals surface area contributed by atoms with Gasteiger partial charge in [0.05, 0.1) is 6.54 Å². The summed E-state index contributed by atoms with van der Waals surface area (Å²) >= 11 is 0. The summed E-state index contributed by atoms with van der Waals surface area (Å²) in [5.74, 6) is -0.907. The van der Waals surface area contributed by atoms with Crippen LogP contribution in [0.15, 0.2) is 52.1 Å². The predicted octanol–water partition coefficient (Wildman–Crippen LogP) is 4.44. The molecule has 1 N–H and O–H groups in total. The van der Waals surface area contributed by atoms with Crippen LogP contribution in [0.25, 0.3) is 11.4 Å². The zero-order valence-electron chi connectivity index (χ0n) is 18.1. The lowest BCUT2D eigenvalue weighted by molar-refractivity contribution is -0.198. The van der Waals surface area contributed by atoms with Crippen molar-refractivity contribution >= 4 is 17.4 Å². The molecule has 1 aromatic carbocycles. The molecule has 0 radical (unpaired) electrons. The summed E-state index contributed by atoms with van der Waals surface area (Å²) in [4.78, 5) is 23.8. The molecule has 2 aliphatic carbocycles. The highest BCUT2D eigenvalue weighted by atomic mass is 19.3. The third kappa shape index (κ3) is 3.46. The SMILES string of the molecule is Cc1ccc(-c2noc(C3CC4(C3)CC(F)(F)C4)n2)cc1NC(=O)C1CN=C2C=CC=CN21. The summed E-state index contributed by atoms with van der Waals surface area (Å²) < 4.78 is 32.0. The number of amides is 1. The van der Waals surface area contributed by atoms with E-state index in [-0.39, 0.29) is 30.1 Å². The highest BCUT2D eigenvalue weighted by molar-refractivity contribution is 6.04. The molecule has 170 valence electrons. The first kappa shape index (κ1) is 20.3. The first-order valence-electron chi connectivity index (χ1n) is 11.1. The van der Waals surface area contributed by atoms with Crippen LogP contribution in [0.4, 0.5) is 14.5 Å². The van der Waals surface area contributed by atoms with Gasteiger partial charge in [-0.2, -0.15) is 4.98 Å². The molecule has 2 aliphatic heterocycles. The Bertz CT molecular complexity index is 1220. The van der Waals surface area contributed by atoms with Crippen LogP contribution >= 0.6 is 0 Å². The minimum absolute atomic E-state index is 0.0322. The Morgan fingerprint density at radius 3 is 2.85 bits per heavy atom. The minimum atomic E-state index is -2.51. The van der Waals surface area contributed by atoms with Gasteiger partial charge in [0, 0.05) is 36.2 Å². The summed E-state index contributed by atoms with van der Waals surface area (Å²) in [5, 5.41) is 7.11. The van der Waals surface area contributed by atoms with E-state index < -0.39 is 12.0 Å². The van der Waals surface area contributed by atoms with Crippen molar-refractivity contribution in [3.63, 3.8) is 0 Å². The number of halogens is 2. The van der Waals surface area contributed by atoms with Crippen LogP contribution < -0.4 is 5.32 Å². The number of allylic oxidation sites excluding steroid dienone is 2. The summed E-state index contributed by atoms with van der Waals surface area (Å²) in [5.41, 5.74) is 2.07. The number of nitrogens with zero attached hydrogens (tertiary/aromatic N) is 4. The van der Waals surface area contributed by atoms with Gasteiger partial charge in [0.25, 0.3) is 0 Å². The van der Waals surface area contributed by atoms with Crippen molar-refractivity contribution in [2.24, 2.45) is 10.4 Å². The second-order valence-corrected chi connectivity index (χ2v) is 9.61. The van der Waals surface area contributed by atoms with Crippen molar-refractivity contribution in [1.82, 2.24) is 15.0 Å². The molecule has 33 heavy (non-hydrogen) atoms. The molecule has 7 nitrogen and oxygen atoms in total. The van der Waals surface area contributed by atoms with Crippen molar-refractivity contribution in [3.05, 3.63) is 54.1 Å². The molecule has 0 bridgehead atoms. The fourth-order valence-electron chi connectivity index (χ4n) is 5.45. The van der Waals surface area contributed by atoms with Crippen molar-refractivity contribution in [2.45, 2.75) is 50.5 Å². The zero-order chi connectivity index (χ0) is 22.8. The van der Waals surface area contributed by atoms with Crippen LogP contribution in [-0.4, -0.2) is 45.3 Å². The number of benzene rings is 1. The molecular weight excluding hydrogens is 428 g/mol. The van der Waals surface area contributed by atoms with Crippen LogP contribution in [-0.2, 0) is 4.79 Å². The van der Waals surface area contributed by atoms with Crippen LogP contribution in [0.5, 0.6) is 0 Å². The predicted molar refractivity (Wildman–Crippen MR) is 118 cm³/mol. The molecule has 3 heterocycles. The minimum Gasteiger partial charge on any atom is -0.339 e. The molecule has 2 aromatic rings. The average molecular weight is 451 g/mol. The lowest BCUT2D eigenvalue weighted by atomic mass is 9.50. The number of aliphatic imine (C=N–C) groups is 1. The fourth-order valence-corrected chi connectivity index (χ4v) is 5.45. The normalized spacial score (nSPS) is 24.3. The Labute approximate surface area is 189 Å².